The van der Waals surface area contributed by atoms with Gasteiger partial charge in [-0.3, -0.25) is 4.68 Å². The third-order valence-electron chi connectivity index (χ3n) is 3.78. The highest BCUT2D eigenvalue weighted by atomic mass is 15.3. The van der Waals surface area contributed by atoms with Gasteiger partial charge in [0.2, 0.25) is 0 Å². The fraction of sp³-hybridized carbons (Fsp3) is 0.0556. The molecule has 0 aliphatic heterocycles. The molecule has 0 atom stereocenters. The molecule has 0 saturated carbocycles. The van der Waals surface area contributed by atoms with Crippen molar-refractivity contribution in [1.29, 1.82) is 0 Å². The first-order valence-electron chi connectivity index (χ1n) is 7.13. The molecule has 22 heavy (non-hydrogen) atoms. The first-order chi connectivity index (χ1) is 10.8. The highest BCUT2D eigenvalue weighted by Gasteiger charge is 2.12. The van der Waals surface area contributed by atoms with Gasteiger partial charge in [-0.05, 0) is 29.0 Å². The summed E-state index contributed by atoms with van der Waals surface area (Å²) < 4.78 is 1.85. The molecule has 106 valence electrons. The zero-order chi connectivity index (χ0) is 14.9. The van der Waals surface area contributed by atoms with E-state index in [1.54, 1.807) is 6.20 Å². The smallest absolute Gasteiger partial charge is 0.111 e. The van der Waals surface area contributed by atoms with Crippen molar-refractivity contribution in [3.8, 4) is 22.6 Å². The zero-order valence-electron chi connectivity index (χ0n) is 12.1. The van der Waals surface area contributed by atoms with Crippen molar-refractivity contribution in [1.82, 2.24) is 20.0 Å². The van der Waals surface area contributed by atoms with E-state index in [1.807, 2.05) is 23.9 Å². The molecule has 0 amide bonds. The number of aromatic nitrogens is 4. The Morgan fingerprint density at radius 2 is 1.73 bits per heavy atom. The van der Waals surface area contributed by atoms with Crippen LogP contribution in [0, 0.1) is 0 Å². The van der Waals surface area contributed by atoms with Crippen LogP contribution in [0.25, 0.3) is 33.4 Å². The van der Waals surface area contributed by atoms with Crippen molar-refractivity contribution in [2.75, 3.05) is 0 Å². The SMILES string of the molecule is Cn1nc(-c2cccc3ccccc23)cc1-c1cccnn1. The normalized spacial score (nSPS) is 11.0. The fourth-order valence-corrected chi connectivity index (χ4v) is 2.73. The molecule has 0 N–H and O–H groups in total. The molecule has 0 fully saturated rings. The lowest BCUT2D eigenvalue weighted by Gasteiger charge is -2.03. The Morgan fingerprint density at radius 3 is 2.59 bits per heavy atom. The second-order valence-corrected chi connectivity index (χ2v) is 5.17. The van der Waals surface area contributed by atoms with Gasteiger partial charge in [0.25, 0.3) is 0 Å². The number of nitrogens with zero attached hydrogens (tertiary/aromatic N) is 4. The minimum atomic E-state index is 0.823. The van der Waals surface area contributed by atoms with Gasteiger partial charge in [0.1, 0.15) is 5.69 Å². The molecule has 0 aliphatic rings. The molecule has 0 bridgehead atoms. The van der Waals surface area contributed by atoms with E-state index in [0.717, 1.165) is 22.6 Å². The Morgan fingerprint density at radius 1 is 0.864 bits per heavy atom. The summed E-state index contributed by atoms with van der Waals surface area (Å²) in [4.78, 5) is 0. The van der Waals surface area contributed by atoms with E-state index >= 15 is 0 Å². The van der Waals surface area contributed by atoms with E-state index in [9.17, 15) is 0 Å². The summed E-state index contributed by atoms with van der Waals surface area (Å²) >= 11 is 0. The molecule has 4 rings (SSSR count). The lowest BCUT2D eigenvalue weighted by atomic mass is 10.0. The van der Waals surface area contributed by atoms with Crippen LogP contribution >= 0.6 is 0 Å². The molecule has 2 aromatic heterocycles. The Kier molecular flexibility index (Phi) is 2.93. The minimum Gasteiger partial charge on any atom is -0.266 e. The van der Waals surface area contributed by atoms with E-state index in [0.29, 0.717) is 0 Å². The van der Waals surface area contributed by atoms with E-state index in [2.05, 4.69) is 63.8 Å². The molecule has 0 aliphatic carbocycles. The standard InChI is InChI=1S/C18H14N4/c1-22-18(16-10-5-11-19-20-16)12-17(21-22)15-9-4-7-13-6-2-3-8-14(13)15/h2-12H,1H3. The number of aryl methyl sites for hydroxylation is 1. The molecule has 0 saturated heterocycles. The molecule has 2 heterocycles. The van der Waals surface area contributed by atoms with Crippen LogP contribution in [0.5, 0.6) is 0 Å². The van der Waals surface area contributed by atoms with E-state index in [1.165, 1.54) is 10.8 Å². The molecule has 0 unspecified atom stereocenters. The Bertz CT molecular complexity index is 936. The molecule has 0 radical (unpaired) electrons. The number of hydrogen-bond acceptors (Lipinski definition) is 3. The van der Waals surface area contributed by atoms with Crippen LogP contribution in [0.2, 0.25) is 0 Å². The monoisotopic (exact) mass is 286 g/mol. The number of rotatable bonds is 2. The van der Waals surface area contributed by atoms with Gasteiger partial charge in [0, 0.05) is 18.8 Å². The lowest BCUT2D eigenvalue weighted by Crippen LogP contribution is -1.96. The summed E-state index contributed by atoms with van der Waals surface area (Å²) in [6.07, 6.45) is 1.67. The predicted molar refractivity (Wildman–Crippen MR) is 87.2 cm³/mol. The van der Waals surface area contributed by atoms with Crippen LogP contribution < -0.4 is 0 Å². The van der Waals surface area contributed by atoms with Crippen LogP contribution in [0.15, 0.2) is 66.9 Å². The molecular formula is C18H14N4. The van der Waals surface area contributed by atoms with Gasteiger partial charge in [0.15, 0.2) is 0 Å². The molecule has 0 spiro atoms. The third kappa shape index (κ3) is 2.05. The van der Waals surface area contributed by atoms with E-state index in [-0.39, 0.29) is 0 Å². The average molecular weight is 286 g/mol. The topological polar surface area (TPSA) is 43.6 Å². The van der Waals surface area contributed by atoms with Crippen LogP contribution in [0.1, 0.15) is 0 Å². The Labute approximate surface area is 128 Å². The number of fused-ring (bicyclic) bond motifs is 1. The molecular weight excluding hydrogens is 272 g/mol. The summed E-state index contributed by atoms with van der Waals surface area (Å²) in [6, 6.07) is 20.5. The van der Waals surface area contributed by atoms with Crippen molar-refractivity contribution in [3.05, 3.63) is 66.9 Å². The van der Waals surface area contributed by atoms with Crippen LogP contribution in [0.3, 0.4) is 0 Å². The summed E-state index contributed by atoms with van der Waals surface area (Å²) in [6.45, 7) is 0. The van der Waals surface area contributed by atoms with Gasteiger partial charge in [0.05, 0.1) is 11.4 Å². The fourth-order valence-electron chi connectivity index (χ4n) is 2.73. The quantitative estimate of drug-likeness (QED) is 0.564. The third-order valence-corrected chi connectivity index (χ3v) is 3.78. The highest BCUT2D eigenvalue weighted by molar-refractivity contribution is 5.96. The summed E-state index contributed by atoms with van der Waals surface area (Å²) in [7, 11) is 1.93. The summed E-state index contributed by atoms with van der Waals surface area (Å²) in [5.74, 6) is 0. The number of hydrogen-bond donors (Lipinski definition) is 0. The maximum absolute atomic E-state index is 4.66. The first kappa shape index (κ1) is 12.7. The average Bonchev–Trinajstić information content (AvgIpc) is 2.97. The van der Waals surface area contributed by atoms with Crippen molar-refractivity contribution >= 4 is 10.8 Å². The zero-order valence-corrected chi connectivity index (χ0v) is 12.1. The van der Waals surface area contributed by atoms with E-state index < -0.39 is 0 Å². The van der Waals surface area contributed by atoms with Gasteiger partial charge in [-0.1, -0.05) is 42.5 Å². The van der Waals surface area contributed by atoms with Crippen LogP contribution in [0.4, 0.5) is 0 Å². The second kappa shape index (κ2) is 5.07. The maximum Gasteiger partial charge on any atom is 0.111 e. The maximum atomic E-state index is 4.66. The lowest BCUT2D eigenvalue weighted by molar-refractivity contribution is 0.774. The number of benzene rings is 2. The Hall–Kier alpha value is -3.01. The summed E-state index contributed by atoms with van der Waals surface area (Å²) in [5.41, 5.74) is 3.85. The highest BCUT2D eigenvalue weighted by Crippen LogP contribution is 2.30. The second-order valence-electron chi connectivity index (χ2n) is 5.17. The van der Waals surface area contributed by atoms with Crippen molar-refractivity contribution < 1.29 is 0 Å². The largest absolute Gasteiger partial charge is 0.266 e. The van der Waals surface area contributed by atoms with Crippen molar-refractivity contribution in [2.24, 2.45) is 7.05 Å². The molecule has 4 heteroatoms. The predicted octanol–water partition coefficient (Wildman–Crippen LogP) is 3.70. The Balaban J connectivity index is 1.90. The van der Waals surface area contributed by atoms with Crippen molar-refractivity contribution in [3.63, 3.8) is 0 Å². The minimum absolute atomic E-state index is 0.823. The first-order valence-corrected chi connectivity index (χ1v) is 7.13. The van der Waals surface area contributed by atoms with Gasteiger partial charge in [-0.2, -0.15) is 10.2 Å². The molecule has 4 aromatic rings. The van der Waals surface area contributed by atoms with E-state index in [4.69, 9.17) is 0 Å². The molecule has 4 nitrogen and oxygen atoms in total. The molecule has 2 aromatic carbocycles. The van der Waals surface area contributed by atoms with Crippen LogP contribution in [-0.4, -0.2) is 20.0 Å². The van der Waals surface area contributed by atoms with Gasteiger partial charge < -0.3 is 0 Å². The summed E-state index contributed by atoms with van der Waals surface area (Å²) in [5, 5.41) is 15.2. The van der Waals surface area contributed by atoms with Crippen molar-refractivity contribution in [2.45, 2.75) is 0 Å². The van der Waals surface area contributed by atoms with Gasteiger partial charge >= 0.3 is 0 Å². The van der Waals surface area contributed by atoms with Gasteiger partial charge in [-0.25, -0.2) is 0 Å². The van der Waals surface area contributed by atoms with Crippen LogP contribution in [-0.2, 0) is 7.05 Å². The van der Waals surface area contributed by atoms with Gasteiger partial charge in [-0.15, -0.1) is 5.10 Å².